The Morgan fingerprint density at radius 1 is 1.00 bits per heavy atom. The van der Waals surface area contributed by atoms with Crippen LogP contribution in [0.1, 0.15) is 15.9 Å². The van der Waals surface area contributed by atoms with Gasteiger partial charge < -0.3 is 9.47 Å². The molecule has 0 bridgehead atoms. The second kappa shape index (κ2) is 6.22. The first-order chi connectivity index (χ1) is 9.97. The molecule has 21 heavy (non-hydrogen) atoms. The Labute approximate surface area is 128 Å². The summed E-state index contributed by atoms with van der Waals surface area (Å²) >= 11 is 3.18. The molecule has 0 aliphatic rings. The van der Waals surface area contributed by atoms with Gasteiger partial charge in [-0.15, -0.1) is 0 Å². The summed E-state index contributed by atoms with van der Waals surface area (Å²) in [5.41, 5.74) is 0.177. The zero-order valence-corrected chi connectivity index (χ0v) is 12.8. The molecule has 6 heteroatoms. The predicted molar refractivity (Wildman–Crippen MR) is 77.0 cm³/mol. The molecule has 0 N–H and O–H groups in total. The normalized spacial score (nSPS) is 10.3. The minimum Gasteiger partial charge on any atom is -0.494 e. The number of carbonyl (C=O) groups excluding carboxylic acids is 1. The number of halogens is 3. The molecule has 0 heterocycles. The third-order valence-corrected chi connectivity index (χ3v) is 3.56. The van der Waals surface area contributed by atoms with Gasteiger partial charge in [-0.25, -0.2) is 8.78 Å². The van der Waals surface area contributed by atoms with E-state index in [1.165, 1.54) is 32.4 Å². The number of hydrogen-bond donors (Lipinski definition) is 0. The maximum Gasteiger partial charge on any atom is 0.194 e. The zero-order chi connectivity index (χ0) is 15.6. The van der Waals surface area contributed by atoms with Crippen molar-refractivity contribution in [3.8, 4) is 11.5 Å². The van der Waals surface area contributed by atoms with Crippen molar-refractivity contribution in [3.05, 3.63) is 57.6 Å². The van der Waals surface area contributed by atoms with E-state index in [0.717, 1.165) is 12.1 Å². The third-order valence-electron chi connectivity index (χ3n) is 2.90. The summed E-state index contributed by atoms with van der Waals surface area (Å²) in [6, 6.07) is 6.21. The van der Waals surface area contributed by atoms with Gasteiger partial charge in [-0.2, -0.15) is 0 Å². The number of rotatable bonds is 4. The molecule has 0 atom stereocenters. The Kier molecular flexibility index (Phi) is 4.57. The van der Waals surface area contributed by atoms with Crippen LogP contribution in [0.4, 0.5) is 8.78 Å². The van der Waals surface area contributed by atoms with Crippen LogP contribution in [-0.2, 0) is 0 Å². The Balaban J connectivity index is 2.45. The highest BCUT2D eigenvalue weighted by molar-refractivity contribution is 9.10. The van der Waals surface area contributed by atoms with Crippen molar-refractivity contribution in [2.24, 2.45) is 0 Å². The summed E-state index contributed by atoms with van der Waals surface area (Å²) in [6.45, 7) is 0. The average molecular weight is 357 g/mol. The highest BCUT2D eigenvalue weighted by Crippen LogP contribution is 2.29. The van der Waals surface area contributed by atoms with E-state index in [1.54, 1.807) is 0 Å². The second-order valence-corrected chi connectivity index (χ2v) is 5.00. The van der Waals surface area contributed by atoms with Crippen molar-refractivity contribution in [3.63, 3.8) is 0 Å². The van der Waals surface area contributed by atoms with Crippen LogP contribution in [0.25, 0.3) is 0 Å². The molecule has 0 aromatic heterocycles. The van der Waals surface area contributed by atoms with E-state index >= 15 is 0 Å². The fraction of sp³-hybridized carbons (Fsp3) is 0.133. The Bertz CT molecular complexity index is 702. The van der Waals surface area contributed by atoms with Gasteiger partial charge in [0.15, 0.2) is 28.9 Å². The molecule has 110 valence electrons. The van der Waals surface area contributed by atoms with Gasteiger partial charge in [0.2, 0.25) is 0 Å². The molecule has 3 nitrogen and oxygen atoms in total. The van der Waals surface area contributed by atoms with E-state index < -0.39 is 17.4 Å². The summed E-state index contributed by atoms with van der Waals surface area (Å²) in [7, 11) is 2.65. The van der Waals surface area contributed by atoms with Crippen LogP contribution in [0, 0.1) is 11.6 Å². The van der Waals surface area contributed by atoms with E-state index in [1.807, 2.05) is 0 Å². The van der Waals surface area contributed by atoms with Gasteiger partial charge in [0.1, 0.15) is 0 Å². The van der Waals surface area contributed by atoms with E-state index in [0.29, 0.717) is 4.47 Å². The standard InChI is InChI=1S/C15H11BrF2O3/c1-20-13-4-3-8(5-11(13)17)15(19)9-6-12(18)14(21-2)7-10(9)16/h3-7H,1-2H3. The summed E-state index contributed by atoms with van der Waals surface area (Å²) in [4.78, 5) is 12.3. The first-order valence-corrected chi connectivity index (χ1v) is 6.68. The molecule has 0 saturated carbocycles. The topological polar surface area (TPSA) is 35.5 Å². The number of carbonyl (C=O) groups is 1. The van der Waals surface area contributed by atoms with Gasteiger partial charge in [-0.1, -0.05) is 0 Å². The Morgan fingerprint density at radius 2 is 1.62 bits per heavy atom. The molecule has 0 spiro atoms. The molecular weight excluding hydrogens is 346 g/mol. The van der Waals surface area contributed by atoms with Crippen LogP contribution in [0.2, 0.25) is 0 Å². The summed E-state index contributed by atoms with van der Waals surface area (Å²) in [5, 5.41) is 0. The number of benzene rings is 2. The Hall–Kier alpha value is -1.95. The molecule has 0 radical (unpaired) electrons. The predicted octanol–water partition coefficient (Wildman–Crippen LogP) is 3.98. The van der Waals surface area contributed by atoms with Crippen LogP contribution in [0.15, 0.2) is 34.8 Å². The van der Waals surface area contributed by atoms with E-state index in [2.05, 4.69) is 15.9 Å². The van der Waals surface area contributed by atoms with Crippen molar-refractivity contribution in [1.29, 1.82) is 0 Å². The zero-order valence-electron chi connectivity index (χ0n) is 11.2. The lowest BCUT2D eigenvalue weighted by atomic mass is 10.0. The smallest absolute Gasteiger partial charge is 0.194 e. The second-order valence-electron chi connectivity index (χ2n) is 4.15. The van der Waals surface area contributed by atoms with Crippen LogP contribution < -0.4 is 9.47 Å². The monoisotopic (exact) mass is 356 g/mol. The van der Waals surface area contributed by atoms with Gasteiger partial charge in [0.05, 0.1) is 14.2 Å². The Morgan fingerprint density at radius 3 is 2.19 bits per heavy atom. The first-order valence-electron chi connectivity index (χ1n) is 5.89. The quantitative estimate of drug-likeness (QED) is 0.777. The van der Waals surface area contributed by atoms with Crippen LogP contribution in [0.5, 0.6) is 11.5 Å². The lowest BCUT2D eigenvalue weighted by Gasteiger charge is -2.09. The third kappa shape index (κ3) is 3.05. The van der Waals surface area contributed by atoms with Gasteiger partial charge in [0, 0.05) is 15.6 Å². The molecule has 2 rings (SSSR count). The lowest BCUT2D eigenvalue weighted by Crippen LogP contribution is -2.05. The van der Waals surface area contributed by atoms with E-state index in [4.69, 9.17) is 9.47 Å². The average Bonchev–Trinajstić information content (AvgIpc) is 2.48. The molecular formula is C15H11BrF2O3. The van der Waals surface area contributed by atoms with Crippen molar-refractivity contribution in [2.45, 2.75) is 0 Å². The fourth-order valence-corrected chi connectivity index (χ4v) is 2.32. The lowest BCUT2D eigenvalue weighted by molar-refractivity contribution is 0.103. The largest absolute Gasteiger partial charge is 0.494 e. The summed E-state index contributed by atoms with van der Waals surface area (Å²) in [6.07, 6.45) is 0. The van der Waals surface area contributed by atoms with Crippen LogP contribution in [-0.4, -0.2) is 20.0 Å². The highest BCUT2D eigenvalue weighted by Gasteiger charge is 2.18. The highest BCUT2D eigenvalue weighted by atomic mass is 79.9. The van der Waals surface area contributed by atoms with Crippen molar-refractivity contribution < 1.29 is 23.0 Å². The molecule has 2 aromatic rings. The maximum absolute atomic E-state index is 13.7. The first kappa shape index (κ1) is 15.4. The molecule has 2 aromatic carbocycles. The van der Waals surface area contributed by atoms with Crippen molar-refractivity contribution in [2.75, 3.05) is 14.2 Å². The van der Waals surface area contributed by atoms with Crippen LogP contribution >= 0.6 is 15.9 Å². The number of methoxy groups -OCH3 is 2. The molecule has 0 aliphatic heterocycles. The summed E-state index contributed by atoms with van der Waals surface area (Å²) in [5.74, 6) is -1.79. The molecule has 0 saturated heterocycles. The number of hydrogen-bond acceptors (Lipinski definition) is 3. The van der Waals surface area contributed by atoms with Gasteiger partial charge in [-0.3, -0.25) is 4.79 Å². The van der Waals surface area contributed by atoms with Crippen LogP contribution in [0.3, 0.4) is 0 Å². The van der Waals surface area contributed by atoms with E-state index in [9.17, 15) is 13.6 Å². The molecule has 0 unspecified atom stereocenters. The van der Waals surface area contributed by atoms with E-state index in [-0.39, 0.29) is 22.6 Å². The van der Waals surface area contributed by atoms with Gasteiger partial charge in [-0.05, 0) is 46.3 Å². The molecule has 0 amide bonds. The van der Waals surface area contributed by atoms with Crippen molar-refractivity contribution >= 4 is 21.7 Å². The number of ether oxygens (including phenoxy) is 2. The SMILES string of the molecule is COc1ccc(C(=O)c2cc(F)c(OC)cc2Br)cc1F. The van der Waals surface area contributed by atoms with Crippen molar-refractivity contribution in [1.82, 2.24) is 0 Å². The van der Waals surface area contributed by atoms with Gasteiger partial charge in [0.25, 0.3) is 0 Å². The maximum atomic E-state index is 13.7. The molecule has 0 aliphatic carbocycles. The minimum absolute atomic E-state index is 0.0133. The number of ketones is 1. The summed E-state index contributed by atoms with van der Waals surface area (Å²) < 4.78 is 37.3. The fourth-order valence-electron chi connectivity index (χ4n) is 1.82. The minimum atomic E-state index is -0.668. The molecule has 0 fully saturated rings. The van der Waals surface area contributed by atoms with Gasteiger partial charge >= 0.3 is 0 Å².